The number of benzene rings is 2. The standard InChI is InChI=1S/C24H22ClFN2O5/c1-4-31-24(29)20-13(2)33-23(28)17(11-27)21(20)16-6-5-7-19(30-3)22(16)32-12-14-8-9-15(26)10-18(14)25/h5-10,21H,4,12,28H2,1-3H3. The van der Waals surface area contributed by atoms with Gasteiger partial charge in [0, 0.05) is 11.1 Å². The summed E-state index contributed by atoms with van der Waals surface area (Å²) in [5.41, 5.74) is 7.12. The van der Waals surface area contributed by atoms with Gasteiger partial charge in [-0.05, 0) is 32.0 Å². The third-order valence-corrected chi connectivity index (χ3v) is 5.38. The van der Waals surface area contributed by atoms with Gasteiger partial charge in [-0.3, -0.25) is 0 Å². The van der Waals surface area contributed by atoms with Crippen molar-refractivity contribution in [1.82, 2.24) is 0 Å². The minimum atomic E-state index is -0.920. The number of ether oxygens (including phenoxy) is 4. The van der Waals surface area contributed by atoms with Crippen LogP contribution in [0.1, 0.15) is 30.9 Å². The van der Waals surface area contributed by atoms with Gasteiger partial charge in [-0.25, -0.2) is 9.18 Å². The molecule has 0 radical (unpaired) electrons. The number of allylic oxidation sites excluding steroid dienone is 2. The Morgan fingerprint density at radius 3 is 2.73 bits per heavy atom. The molecule has 1 aliphatic rings. The lowest BCUT2D eigenvalue weighted by molar-refractivity contribution is -0.139. The number of methoxy groups -OCH3 is 1. The van der Waals surface area contributed by atoms with Gasteiger partial charge in [0.05, 0.1) is 30.2 Å². The Balaban J connectivity index is 2.13. The average Bonchev–Trinajstić information content (AvgIpc) is 2.78. The van der Waals surface area contributed by atoms with E-state index in [0.29, 0.717) is 16.9 Å². The number of para-hydroxylation sites is 1. The number of nitrogens with zero attached hydrogens (tertiary/aromatic N) is 1. The van der Waals surface area contributed by atoms with Gasteiger partial charge < -0.3 is 24.7 Å². The predicted octanol–water partition coefficient (Wildman–Crippen LogP) is 4.71. The third-order valence-electron chi connectivity index (χ3n) is 5.03. The van der Waals surface area contributed by atoms with Crippen molar-refractivity contribution in [3.63, 3.8) is 0 Å². The Morgan fingerprint density at radius 1 is 1.33 bits per heavy atom. The van der Waals surface area contributed by atoms with E-state index in [1.165, 1.54) is 25.3 Å². The van der Waals surface area contributed by atoms with E-state index < -0.39 is 17.7 Å². The largest absolute Gasteiger partial charge is 0.493 e. The Morgan fingerprint density at radius 2 is 2.09 bits per heavy atom. The van der Waals surface area contributed by atoms with E-state index in [1.807, 2.05) is 6.07 Å². The zero-order valence-electron chi connectivity index (χ0n) is 18.3. The van der Waals surface area contributed by atoms with Crippen molar-refractivity contribution in [2.24, 2.45) is 5.73 Å². The molecule has 2 aromatic carbocycles. The van der Waals surface area contributed by atoms with Crippen LogP contribution >= 0.6 is 11.6 Å². The van der Waals surface area contributed by atoms with Crippen LogP contribution in [0.25, 0.3) is 0 Å². The second-order valence-electron chi connectivity index (χ2n) is 7.02. The molecule has 1 aliphatic heterocycles. The SMILES string of the molecule is CCOC(=O)C1=C(C)OC(N)=C(C#N)C1c1cccc(OC)c1OCc1ccc(F)cc1Cl. The third kappa shape index (κ3) is 4.89. The Kier molecular flexibility index (Phi) is 7.46. The second-order valence-corrected chi connectivity index (χ2v) is 7.43. The van der Waals surface area contributed by atoms with Crippen LogP contribution in [0.15, 0.2) is 59.2 Å². The van der Waals surface area contributed by atoms with Gasteiger partial charge in [0.1, 0.15) is 29.8 Å². The van der Waals surface area contributed by atoms with Gasteiger partial charge in [0.2, 0.25) is 5.88 Å². The van der Waals surface area contributed by atoms with Crippen LogP contribution < -0.4 is 15.2 Å². The molecule has 1 heterocycles. The summed E-state index contributed by atoms with van der Waals surface area (Å²) in [4.78, 5) is 12.8. The van der Waals surface area contributed by atoms with Gasteiger partial charge >= 0.3 is 5.97 Å². The number of carbonyl (C=O) groups is 1. The van der Waals surface area contributed by atoms with Gasteiger partial charge in [-0.15, -0.1) is 0 Å². The van der Waals surface area contributed by atoms with Crippen molar-refractivity contribution in [1.29, 1.82) is 5.26 Å². The zero-order valence-corrected chi connectivity index (χ0v) is 19.0. The smallest absolute Gasteiger partial charge is 0.338 e. The molecule has 0 saturated carbocycles. The fraction of sp³-hybridized carbons (Fsp3) is 0.250. The number of esters is 1. The van der Waals surface area contributed by atoms with Crippen LogP contribution in [-0.4, -0.2) is 19.7 Å². The molecule has 0 spiro atoms. The first kappa shape index (κ1) is 24.0. The quantitative estimate of drug-likeness (QED) is 0.582. The van der Waals surface area contributed by atoms with Crippen molar-refractivity contribution in [3.8, 4) is 17.6 Å². The first-order valence-electron chi connectivity index (χ1n) is 10.0. The lowest BCUT2D eigenvalue weighted by Gasteiger charge is -2.28. The number of hydrogen-bond acceptors (Lipinski definition) is 7. The van der Waals surface area contributed by atoms with E-state index >= 15 is 0 Å². The molecule has 0 aliphatic carbocycles. The molecule has 1 atom stereocenters. The Hall–Kier alpha value is -3.70. The fourth-order valence-corrected chi connectivity index (χ4v) is 3.75. The van der Waals surface area contributed by atoms with Crippen LogP contribution in [0.3, 0.4) is 0 Å². The summed E-state index contributed by atoms with van der Waals surface area (Å²) in [6, 6.07) is 11.1. The molecule has 7 nitrogen and oxygen atoms in total. The minimum absolute atomic E-state index is 0.0196. The average molecular weight is 473 g/mol. The molecule has 0 bridgehead atoms. The summed E-state index contributed by atoms with van der Waals surface area (Å²) >= 11 is 6.14. The van der Waals surface area contributed by atoms with E-state index in [2.05, 4.69) is 0 Å². The molecule has 0 aromatic heterocycles. The lowest BCUT2D eigenvalue weighted by Crippen LogP contribution is -2.26. The number of nitriles is 1. The van der Waals surface area contributed by atoms with Crippen LogP contribution in [0, 0.1) is 17.1 Å². The molecule has 172 valence electrons. The summed E-state index contributed by atoms with van der Waals surface area (Å²) in [6.07, 6.45) is 0. The molecule has 0 fully saturated rings. The summed E-state index contributed by atoms with van der Waals surface area (Å²) in [5, 5.41) is 10.0. The minimum Gasteiger partial charge on any atom is -0.493 e. The fourth-order valence-electron chi connectivity index (χ4n) is 3.53. The molecule has 1 unspecified atom stereocenters. The number of rotatable bonds is 7. The Labute approximate surface area is 195 Å². The normalized spacial score (nSPS) is 15.6. The van der Waals surface area contributed by atoms with Crippen molar-refractivity contribution in [2.45, 2.75) is 26.4 Å². The predicted molar refractivity (Wildman–Crippen MR) is 119 cm³/mol. The van der Waals surface area contributed by atoms with E-state index in [4.69, 9.17) is 36.3 Å². The summed E-state index contributed by atoms with van der Waals surface area (Å²) in [7, 11) is 1.46. The number of hydrogen-bond donors (Lipinski definition) is 1. The first-order chi connectivity index (χ1) is 15.8. The van der Waals surface area contributed by atoms with Gasteiger partial charge in [0.15, 0.2) is 11.5 Å². The Bertz CT molecular complexity index is 1190. The molecule has 3 rings (SSSR count). The maximum Gasteiger partial charge on any atom is 0.338 e. The molecule has 0 saturated heterocycles. The van der Waals surface area contributed by atoms with Gasteiger partial charge in [-0.1, -0.05) is 29.8 Å². The first-order valence-corrected chi connectivity index (χ1v) is 10.4. The van der Waals surface area contributed by atoms with Gasteiger partial charge in [-0.2, -0.15) is 5.26 Å². The summed E-state index contributed by atoms with van der Waals surface area (Å²) in [6.45, 7) is 3.36. The van der Waals surface area contributed by atoms with E-state index in [-0.39, 0.29) is 46.8 Å². The van der Waals surface area contributed by atoms with E-state index in [0.717, 1.165) is 0 Å². The molecular formula is C24H22ClFN2O5. The van der Waals surface area contributed by atoms with Crippen LogP contribution in [-0.2, 0) is 20.9 Å². The maximum atomic E-state index is 13.4. The van der Waals surface area contributed by atoms with E-state index in [9.17, 15) is 14.4 Å². The highest BCUT2D eigenvalue weighted by molar-refractivity contribution is 6.31. The maximum absolute atomic E-state index is 13.4. The molecule has 2 aromatic rings. The van der Waals surface area contributed by atoms with Crippen LogP contribution in [0.5, 0.6) is 11.5 Å². The number of nitrogens with two attached hydrogens (primary N) is 1. The van der Waals surface area contributed by atoms with Crippen molar-refractivity contribution in [2.75, 3.05) is 13.7 Å². The van der Waals surface area contributed by atoms with Crippen molar-refractivity contribution < 1.29 is 28.1 Å². The highest BCUT2D eigenvalue weighted by atomic mass is 35.5. The summed E-state index contributed by atoms with van der Waals surface area (Å²) < 4.78 is 35.6. The zero-order chi connectivity index (χ0) is 24.1. The molecule has 33 heavy (non-hydrogen) atoms. The highest BCUT2D eigenvalue weighted by Gasteiger charge is 2.38. The van der Waals surface area contributed by atoms with Crippen molar-refractivity contribution >= 4 is 17.6 Å². The lowest BCUT2D eigenvalue weighted by atomic mass is 9.82. The summed E-state index contributed by atoms with van der Waals surface area (Å²) in [5.74, 6) is -1.32. The monoisotopic (exact) mass is 472 g/mol. The van der Waals surface area contributed by atoms with Crippen LogP contribution in [0.4, 0.5) is 4.39 Å². The second kappa shape index (κ2) is 10.3. The highest BCUT2D eigenvalue weighted by Crippen LogP contribution is 2.46. The topological polar surface area (TPSA) is 104 Å². The number of halogens is 2. The van der Waals surface area contributed by atoms with Gasteiger partial charge in [0.25, 0.3) is 0 Å². The molecule has 0 amide bonds. The van der Waals surface area contributed by atoms with Crippen molar-refractivity contribution in [3.05, 3.63) is 81.2 Å². The van der Waals surface area contributed by atoms with E-state index in [1.54, 1.807) is 32.0 Å². The molecule has 2 N–H and O–H groups in total. The van der Waals surface area contributed by atoms with Crippen LogP contribution in [0.2, 0.25) is 5.02 Å². The molecular weight excluding hydrogens is 451 g/mol. The molecule has 9 heteroatoms. The number of carbonyl (C=O) groups excluding carboxylic acids is 1.